The molecule has 0 aromatic carbocycles. The van der Waals surface area contributed by atoms with Crippen LogP contribution < -0.4 is 0 Å². The van der Waals surface area contributed by atoms with Gasteiger partial charge < -0.3 is 14.4 Å². The van der Waals surface area contributed by atoms with Crippen LogP contribution in [0.5, 0.6) is 0 Å². The van der Waals surface area contributed by atoms with Crippen molar-refractivity contribution in [1.29, 1.82) is 0 Å². The highest BCUT2D eigenvalue weighted by atomic mass is 16.7. The van der Waals surface area contributed by atoms with Gasteiger partial charge in [0.2, 0.25) is 0 Å². The van der Waals surface area contributed by atoms with Gasteiger partial charge in [-0.2, -0.15) is 0 Å². The molecule has 0 aromatic heterocycles. The van der Waals surface area contributed by atoms with E-state index in [1.54, 1.807) is 0 Å². The molecule has 2 heterocycles. The lowest BCUT2D eigenvalue weighted by Crippen LogP contribution is -2.32. The van der Waals surface area contributed by atoms with Crippen LogP contribution in [0.15, 0.2) is 0 Å². The molecule has 2 saturated heterocycles. The summed E-state index contributed by atoms with van der Waals surface area (Å²) in [5.41, 5.74) is 0. The number of likely N-dealkylation sites (tertiary alicyclic amines) is 1. The largest absolute Gasteiger partial charge is 0.350 e. The lowest BCUT2D eigenvalue weighted by molar-refractivity contribution is -0.0521. The van der Waals surface area contributed by atoms with E-state index >= 15 is 0 Å². The van der Waals surface area contributed by atoms with Gasteiger partial charge in [0.25, 0.3) is 0 Å². The molecule has 3 heteroatoms. The van der Waals surface area contributed by atoms with Crippen molar-refractivity contribution in [2.45, 2.75) is 32.0 Å². The highest BCUT2D eigenvalue weighted by Gasteiger charge is 2.17. The van der Waals surface area contributed by atoms with Crippen LogP contribution in [0, 0.1) is 0 Å². The first kappa shape index (κ1) is 9.44. The van der Waals surface area contributed by atoms with Gasteiger partial charge in [-0.15, -0.1) is 0 Å². The van der Waals surface area contributed by atoms with Crippen LogP contribution in [0.1, 0.15) is 25.7 Å². The Morgan fingerprint density at radius 2 is 1.69 bits per heavy atom. The third-order valence-electron chi connectivity index (χ3n) is 2.82. The van der Waals surface area contributed by atoms with Crippen molar-refractivity contribution in [3.05, 3.63) is 0 Å². The zero-order chi connectivity index (χ0) is 8.93. The smallest absolute Gasteiger partial charge is 0.159 e. The Kier molecular flexibility index (Phi) is 3.58. The minimum Gasteiger partial charge on any atom is -0.350 e. The minimum atomic E-state index is 0.0851. The summed E-state index contributed by atoms with van der Waals surface area (Å²) in [4.78, 5) is 2.52. The maximum absolute atomic E-state index is 5.40. The first-order valence-electron chi connectivity index (χ1n) is 5.41. The van der Waals surface area contributed by atoms with Crippen LogP contribution in [-0.4, -0.2) is 44.0 Å². The van der Waals surface area contributed by atoms with Gasteiger partial charge in [0.1, 0.15) is 0 Å². The van der Waals surface area contributed by atoms with E-state index in [9.17, 15) is 0 Å². The van der Waals surface area contributed by atoms with Crippen LogP contribution in [0.25, 0.3) is 0 Å². The van der Waals surface area contributed by atoms with Crippen molar-refractivity contribution in [3.8, 4) is 0 Å². The molecule has 13 heavy (non-hydrogen) atoms. The number of piperidine rings is 1. The molecule has 0 aliphatic carbocycles. The first-order chi connectivity index (χ1) is 6.45. The van der Waals surface area contributed by atoms with Gasteiger partial charge >= 0.3 is 0 Å². The quantitative estimate of drug-likeness (QED) is 0.660. The zero-order valence-electron chi connectivity index (χ0n) is 8.21. The van der Waals surface area contributed by atoms with E-state index in [4.69, 9.17) is 9.47 Å². The van der Waals surface area contributed by atoms with Crippen LogP contribution in [0.3, 0.4) is 0 Å². The fraction of sp³-hybridized carbons (Fsp3) is 1.00. The van der Waals surface area contributed by atoms with Crippen molar-refractivity contribution >= 4 is 0 Å². The second-order valence-electron chi connectivity index (χ2n) is 3.86. The molecule has 2 aliphatic heterocycles. The molecule has 0 amide bonds. The highest BCUT2D eigenvalue weighted by molar-refractivity contribution is 4.65. The van der Waals surface area contributed by atoms with Crippen molar-refractivity contribution in [1.82, 2.24) is 4.90 Å². The van der Waals surface area contributed by atoms with E-state index in [0.29, 0.717) is 0 Å². The summed E-state index contributed by atoms with van der Waals surface area (Å²) >= 11 is 0. The van der Waals surface area contributed by atoms with E-state index in [-0.39, 0.29) is 6.29 Å². The highest BCUT2D eigenvalue weighted by Crippen LogP contribution is 2.12. The van der Waals surface area contributed by atoms with E-state index < -0.39 is 0 Å². The Morgan fingerprint density at radius 1 is 1.00 bits per heavy atom. The molecule has 76 valence electrons. The number of nitrogens with zero attached hydrogens (tertiary/aromatic N) is 1. The lowest BCUT2D eigenvalue weighted by Gasteiger charge is -2.26. The Bertz CT molecular complexity index is 140. The lowest BCUT2D eigenvalue weighted by atomic mass is 10.1. The summed E-state index contributed by atoms with van der Waals surface area (Å²) in [6, 6.07) is 0. The van der Waals surface area contributed by atoms with Gasteiger partial charge in [-0.1, -0.05) is 6.42 Å². The van der Waals surface area contributed by atoms with E-state index in [2.05, 4.69) is 4.90 Å². The fourth-order valence-corrected chi connectivity index (χ4v) is 2.04. The molecule has 3 nitrogen and oxygen atoms in total. The summed E-state index contributed by atoms with van der Waals surface area (Å²) in [7, 11) is 0. The summed E-state index contributed by atoms with van der Waals surface area (Å²) in [6.07, 6.45) is 5.27. The average Bonchev–Trinajstić information content (AvgIpc) is 2.69. The van der Waals surface area contributed by atoms with Crippen molar-refractivity contribution < 1.29 is 9.47 Å². The molecular weight excluding hydrogens is 166 g/mol. The first-order valence-corrected chi connectivity index (χ1v) is 5.41. The predicted molar refractivity (Wildman–Crippen MR) is 50.6 cm³/mol. The van der Waals surface area contributed by atoms with Gasteiger partial charge in [-0.25, -0.2) is 0 Å². The minimum absolute atomic E-state index is 0.0851. The van der Waals surface area contributed by atoms with Crippen LogP contribution in [0.4, 0.5) is 0 Å². The average molecular weight is 185 g/mol. The van der Waals surface area contributed by atoms with E-state index in [1.165, 1.54) is 32.4 Å². The number of hydrogen-bond donors (Lipinski definition) is 0. The van der Waals surface area contributed by atoms with Crippen molar-refractivity contribution in [2.75, 3.05) is 32.8 Å². The molecule has 0 atom stereocenters. The molecule has 0 spiro atoms. The second kappa shape index (κ2) is 4.94. The fourth-order valence-electron chi connectivity index (χ4n) is 2.04. The molecule has 0 saturated carbocycles. The number of rotatable bonds is 3. The van der Waals surface area contributed by atoms with Gasteiger partial charge in [0.15, 0.2) is 6.29 Å². The topological polar surface area (TPSA) is 21.7 Å². The Morgan fingerprint density at radius 3 is 2.38 bits per heavy atom. The maximum Gasteiger partial charge on any atom is 0.159 e. The molecule has 0 aromatic rings. The third-order valence-corrected chi connectivity index (χ3v) is 2.82. The molecular formula is C10H19NO2. The standard InChI is InChI=1S/C10H19NO2/c1-2-5-11(6-3-1)7-4-10-12-8-9-13-10/h10H,1-9H2. The summed E-state index contributed by atoms with van der Waals surface area (Å²) in [5, 5.41) is 0. The van der Waals surface area contributed by atoms with Gasteiger partial charge in [0.05, 0.1) is 13.2 Å². The van der Waals surface area contributed by atoms with E-state index in [0.717, 1.165) is 26.2 Å². The van der Waals surface area contributed by atoms with Crippen molar-refractivity contribution in [3.63, 3.8) is 0 Å². The molecule has 0 bridgehead atoms. The Hall–Kier alpha value is -0.120. The molecule has 2 aliphatic rings. The third kappa shape index (κ3) is 2.93. The molecule has 0 N–H and O–H groups in total. The SMILES string of the molecule is C1CCN(CCC2OCCO2)CC1. The summed E-state index contributed by atoms with van der Waals surface area (Å²) in [5.74, 6) is 0. The van der Waals surface area contributed by atoms with Gasteiger partial charge in [-0.3, -0.25) is 0 Å². The van der Waals surface area contributed by atoms with Crippen molar-refractivity contribution in [2.24, 2.45) is 0 Å². The molecule has 2 fully saturated rings. The zero-order valence-corrected chi connectivity index (χ0v) is 8.21. The monoisotopic (exact) mass is 185 g/mol. The van der Waals surface area contributed by atoms with Crippen LogP contribution >= 0.6 is 0 Å². The van der Waals surface area contributed by atoms with Crippen LogP contribution in [0.2, 0.25) is 0 Å². The molecule has 0 radical (unpaired) electrons. The predicted octanol–water partition coefficient (Wildman–Crippen LogP) is 1.24. The maximum atomic E-state index is 5.40. The normalized spacial score (nSPS) is 26.8. The van der Waals surface area contributed by atoms with Crippen LogP contribution in [-0.2, 0) is 9.47 Å². The van der Waals surface area contributed by atoms with Gasteiger partial charge in [-0.05, 0) is 25.9 Å². The van der Waals surface area contributed by atoms with E-state index in [1.807, 2.05) is 0 Å². The number of ether oxygens (including phenoxy) is 2. The second-order valence-corrected chi connectivity index (χ2v) is 3.86. The van der Waals surface area contributed by atoms with Gasteiger partial charge in [0, 0.05) is 13.0 Å². The Labute approximate surface area is 80.0 Å². The number of hydrogen-bond acceptors (Lipinski definition) is 3. The molecule has 0 unspecified atom stereocenters. The summed E-state index contributed by atoms with van der Waals surface area (Å²) < 4.78 is 10.8. The summed E-state index contributed by atoms with van der Waals surface area (Å²) in [6.45, 7) is 5.25. The molecule has 2 rings (SSSR count). The Balaban J connectivity index is 1.60.